The van der Waals surface area contributed by atoms with Crippen molar-refractivity contribution in [3.63, 3.8) is 0 Å². The number of nitrogens with one attached hydrogen (secondary N) is 1. The van der Waals surface area contributed by atoms with Gasteiger partial charge in [-0.05, 0) is 12.8 Å². The number of hydrogen-bond donors (Lipinski definition) is 2. The molecule has 0 aromatic heterocycles. The number of carboxylic acid groups (broad SMARTS) is 1. The summed E-state index contributed by atoms with van der Waals surface area (Å²) in [5.74, 6) is -0.966. The summed E-state index contributed by atoms with van der Waals surface area (Å²) in [5.41, 5.74) is -0.795. The molecule has 0 bridgehead atoms. The van der Waals surface area contributed by atoms with Gasteiger partial charge in [-0.15, -0.1) is 0 Å². The molecule has 1 rings (SSSR count). The number of rotatable bonds is 3. The van der Waals surface area contributed by atoms with Crippen LogP contribution in [0.25, 0.3) is 0 Å². The van der Waals surface area contributed by atoms with Crippen LogP contribution in [-0.4, -0.2) is 23.5 Å². The molecule has 0 radical (unpaired) electrons. The topological polar surface area (TPSA) is 66.4 Å². The Morgan fingerprint density at radius 3 is 2.85 bits per heavy atom. The molecular weight excluding hydrogens is 170 g/mol. The molecule has 0 saturated carbocycles. The molecule has 1 unspecified atom stereocenters. The summed E-state index contributed by atoms with van der Waals surface area (Å²) in [5, 5.41) is 11.7. The molecule has 2 N–H and O–H groups in total. The van der Waals surface area contributed by atoms with E-state index in [9.17, 15) is 9.59 Å². The highest BCUT2D eigenvalue weighted by Gasteiger charge is 2.41. The second-order valence-electron chi connectivity index (χ2n) is 3.61. The van der Waals surface area contributed by atoms with Crippen LogP contribution in [0.4, 0.5) is 0 Å². The van der Waals surface area contributed by atoms with Crippen LogP contribution >= 0.6 is 0 Å². The van der Waals surface area contributed by atoms with Gasteiger partial charge in [-0.3, -0.25) is 9.59 Å². The molecule has 13 heavy (non-hydrogen) atoms. The molecule has 0 aliphatic carbocycles. The average Bonchev–Trinajstić information content (AvgIpc) is 2.04. The van der Waals surface area contributed by atoms with Crippen LogP contribution < -0.4 is 5.32 Å². The van der Waals surface area contributed by atoms with E-state index >= 15 is 0 Å². The van der Waals surface area contributed by atoms with E-state index in [-0.39, 0.29) is 12.3 Å². The minimum atomic E-state index is -0.829. The first-order chi connectivity index (χ1) is 6.10. The zero-order valence-electron chi connectivity index (χ0n) is 7.80. The molecule has 0 spiro atoms. The summed E-state index contributed by atoms with van der Waals surface area (Å²) in [7, 11) is 0. The number of carboxylic acids is 1. The molecule has 74 valence electrons. The minimum Gasteiger partial charge on any atom is -0.481 e. The first-order valence-corrected chi connectivity index (χ1v) is 4.61. The van der Waals surface area contributed by atoms with Gasteiger partial charge >= 0.3 is 5.97 Å². The fourth-order valence-electron chi connectivity index (χ4n) is 1.88. The third-order valence-corrected chi connectivity index (χ3v) is 2.61. The van der Waals surface area contributed by atoms with E-state index in [1.54, 1.807) is 0 Å². The molecule has 4 nitrogen and oxygen atoms in total. The molecule has 4 heteroatoms. The van der Waals surface area contributed by atoms with E-state index in [1.807, 2.05) is 6.92 Å². The van der Waals surface area contributed by atoms with Crippen LogP contribution in [0.1, 0.15) is 32.6 Å². The number of aliphatic carboxylic acids is 1. The molecular formula is C9H15NO3. The Bertz CT molecular complexity index is 223. The van der Waals surface area contributed by atoms with Gasteiger partial charge in [-0.25, -0.2) is 0 Å². The normalized spacial score (nSPS) is 28.2. The Balaban J connectivity index is 2.76. The van der Waals surface area contributed by atoms with Crippen LogP contribution in [0.15, 0.2) is 0 Å². The molecule has 1 fully saturated rings. The predicted octanol–water partition coefficient (Wildman–Crippen LogP) is 0.767. The standard InChI is InChI=1S/C9H15NO3/c1-2-3-9(8(12)13)4-5-10-7(11)6-9/h2-6H2,1H3,(H,10,11)(H,12,13). The fourth-order valence-corrected chi connectivity index (χ4v) is 1.88. The first-order valence-electron chi connectivity index (χ1n) is 4.61. The van der Waals surface area contributed by atoms with Gasteiger partial charge in [0.1, 0.15) is 0 Å². The monoisotopic (exact) mass is 185 g/mol. The maximum Gasteiger partial charge on any atom is 0.310 e. The Morgan fingerprint density at radius 1 is 1.69 bits per heavy atom. The number of hydrogen-bond acceptors (Lipinski definition) is 2. The highest BCUT2D eigenvalue weighted by Crippen LogP contribution is 2.34. The quantitative estimate of drug-likeness (QED) is 0.682. The van der Waals surface area contributed by atoms with Crippen molar-refractivity contribution in [3.05, 3.63) is 0 Å². The molecule has 0 aromatic rings. The van der Waals surface area contributed by atoms with Crippen molar-refractivity contribution >= 4 is 11.9 Å². The largest absolute Gasteiger partial charge is 0.481 e. The van der Waals surface area contributed by atoms with Gasteiger partial charge in [0.05, 0.1) is 5.41 Å². The zero-order valence-corrected chi connectivity index (χ0v) is 7.80. The van der Waals surface area contributed by atoms with Crippen molar-refractivity contribution in [2.24, 2.45) is 5.41 Å². The number of amides is 1. The van der Waals surface area contributed by atoms with Crippen molar-refractivity contribution in [2.45, 2.75) is 32.6 Å². The van der Waals surface area contributed by atoms with Crippen molar-refractivity contribution in [1.82, 2.24) is 5.32 Å². The minimum absolute atomic E-state index is 0.135. The van der Waals surface area contributed by atoms with Crippen LogP contribution in [0.3, 0.4) is 0 Å². The van der Waals surface area contributed by atoms with Crippen LogP contribution in [0.2, 0.25) is 0 Å². The van der Waals surface area contributed by atoms with Gasteiger partial charge in [0.2, 0.25) is 5.91 Å². The third-order valence-electron chi connectivity index (χ3n) is 2.61. The van der Waals surface area contributed by atoms with E-state index in [2.05, 4.69) is 5.32 Å². The predicted molar refractivity (Wildman–Crippen MR) is 47.2 cm³/mol. The van der Waals surface area contributed by atoms with Crippen molar-refractivity contribution in [2.75, 3.05) is 6.54 Å². The Hall–Kier alpha value is -1.06. The summed E-state index contributed by atoms with van der Waals surface area (Å²) in [6, 6.07) is 0. The third kappa shape index (κ3) is 1.99. The van der Waals surface area contributed by atoms with Crippen LogP contribution in [0, 0.1) is 5.41 Å². The van der Waals surface area contributed by atoms with Gasteiger partial charge in [0, 0.05) is 13.0 Å². The molecule has 1 amide bonds. The summed E-state index contributed by atoms with van der Waals surface area (Å²) < 4.78 is 0. The van der Waals surface area contributed by atoms with E-state index in [0.717, 1.165) is 6.42 Å². The lowest BCUT2D eigenvalue weighted by Gasteiger charge is -2.32. The molecule has 1 saturated heterocycles. The van der Waals surface area contributed by atoms with Gasteiger partial charge < -0.3 is 10.4 Å². The summed E-state index contributed by atoms with van der Waals surface area (Å²) in [6.45, 7) is 2.43. The average molecular weight is 185 g/mol. The van der Waals surface area contributed by atoms with Crippen molar-refractivity contribution in [3.8, 4) is 0 Å². The van der Waals surface area contributed by atoms with E-state index in [4.69, 9.17) is 5.11 Å². The molecule has 1 aliphatic rings. The van der Waals surface area contributed by atoms with Crippen molar-refractivity contribution < 1.29 is 14.7 Å². The molecule has 0 aromatic carbocycles. The summed E-state index contributed by atoms with van der Waals surface area (Å²) in [6.07, 6.45) is 2.09. The Morgan fingerprint density at radius 2 is 2.38 bits per heavy atom. The lowest BCUT2D eigenvalue weighted by atomic mass is 9.75. The molecule has 1 atom stereocenters. The van der Waals surface area contributed by atoms with E-state index in [0.29, 0.717) is 19.4 Å². The highest BCUT2D eigenvalue weighted by molar-refractivity contribution is 5.86. The van der Waals surface area contributed by atoms with Gasteiger partial charge in [-0.1, -0.05) is 13.3 Å². The van der Waals surface area contributed by atoms with Gasteiger partial charge in [0.25, 0.3) is 0 Å². The lowest BCUT2D eigenvalue weighted by Crippen LogP contribution is -2.45. The smallest absolute Gasteiger partial charge is 0.310 e. The summed E-state index contributed by atoms with van der Waals surface area (Å²) >= 11 is 0. The maximum absolute atomic E-state index is 11.1. The van der Waals surface area contributed by atoms with Gasteiger partial charge in [0.15, 0.2) is 0 Å². The van der Waals surface area contributed by atoms with E-state index < -0.39 is 11.4 Å². The fraction of sp³-hybridized carbons (Fsp3) is 0.778. The number of piperidine rings is 1. The maximum atomic E-state index is 11.1. The second kappa shape index (κ2) is 3.77. The van der Waals surface area contributed by atoms with Crippen LogP contribution in [0.5, 0.6) is 0 Å². The Kier molecular flexibility index (Phi) is 2.90. The number of carbonyl (C=O) groups excluding carboxylic acids is 1. The van der Waals surface area contributed by atoms with Crippen LogP contribution in [-0.2, 0) is 9.59 Å². The highest BCUT2D eigenvalue weighted by atomic mass is 16.4. The van der Waals surface area contributed by atoms with Crippen molar-refractivity contribution in [1.29, 1.82) is 0 Å². The Labute approximate surface area is 77.3 Å². The zero-order chi connectivity index (χ0) is 9.90. The molecule has 1 heterocycles. The first kappa shape index (κ1) is 10.0. The number of carbonyl (C=O) groups is 2. The summed E-state index contributed by atoms with van der Waals surface area (Å²) in [4.78, 5) is 22.1. The molecule has 1 aliphatic heterocycles. The SMILES string of the molecule is CCCC1(C(=O)O)CCNC(=O)C1. The lowest BCUT2D eigenvalue weighted by molar-refractivity contribution is -0.154. The second-order valence-corrected chi connectivity index (χ2v) is 3.61. The van der Waals surface area contributed by atoms with Gasteiger partial charge in [-0.2, -0.15) is 0 Å². The van der Waals surface area contributed by atoms with E-state index in [1.165, 1.54) is 0 Å².